The smallest absolute Gasteiger partial charge is 0.311 e. The highest BCUT2D eigenvalue weighted by Crippen LogP contribution is 2.34. The predicted molar refractivity (Wildman–Crippen MR) is 76.6 cm³/mol. The first kappa shape index (κ1) is 11.9. The molecular formula is C14H9BrN2O2. The van der Waals surface area contributed by atoms with E-state index in [4.69, 9.17) is 4.74 Å². The second-order valence-electron chi connectivity index (χ2n) is 3.92. The van der Waals surface area contributed by atoms with E-state index in [9.17, 15) is 4.79 Å². The summed E-state index contributed by atoms with van der Waals surface area (Å²) in [5, 5.41) is 2.11. The lowest BCUT2D eigenvalue weighted by molar-refractivity contribution is 0.452. The molecule has 3 aromatic rings. The van der Waals surface area contributed by atoms with Gasteiger partial charge in [0.05, 0.1) is 4.47 Å². The van der Waals surface area contributed by atoms with Crippen LogP contribution in [0.3, 0.4) is 0 Å². The minimum absolute atomic E-state index is 0.0264. The molecule has 4 nitrogen and oxygen atoms in total. The summed E-state index contributed by atoms with van der Waals surface area (Å²) >= 11 is 3.50. The Kier molecular flexibility index (Phi) is 3.05. The van der Waals surface area contributed by atoms with Crippen molar-refractivity contribution in [2.75, 3.05) is 0 Å². The average molecular weight is 317 g/mol. The van der Waals surface area contributed by atoms with Crippen molar-refractivity contribution in [3.63, 3.8) is 0 Å². The molecule has 0 saturated carbocycles. The molecule has 3 rings (SSSR count). The summed E-state index contributed by atoms with van der Waals surface area (Å²) in [6, 6.07) is 11.7. The van der Waals surface area contributed by atoms with Gasteiger partial charge < -0.3 is 9.72 Å². The Morgan fingerprint density at radius 2 is 2.00 bits per heavy atom. The van der Waals surface area contributed by atoms with E-state index in [-0.39, 0.29) is 11.4 Å². The number of hydrogen-bond acceptors (Lipinski definition) is 3. The van der Waals surface area contributed by atoms with Gasteiger partial charge in [0.15, 0.2) is 0 Å². The monoisotopic (exact) mass is 316 g/mol. The molecule has 0 aliphatic heterocycles. The van der Waals surface area contributed by atoms with Gasteiger partial charge >= 0.3 is 5.56 Å². The zero-order chi connectivity index (χ0) is 13.2. The summed E-state index contributed by atoms with van der Waals surface area (Å²) in [6.45, 7) is 0. The zero-order valence-corrected chi connectivity index (χ0v) is 11.3. The van der Waals surface area contributed by atoms with Crippen LogP contribution >= 0.6 is 15.9 Å². The van der Waals surface area contributed by atoms with E-state index in [2.05, 4.69) is 25.9 Å². The van der Waals surface area contributed by atoms with Gasteiger partial charge in [-0.25, -0.2) is 4.98 Å². The van der Waals surface area contributed by atoms with Crippen LogP contribution in [-0.2, 0) is 0 Å². The number of nitrogens with zero attached hydrogens (tertiary/aromatic N) is 1. The molecule has 5 heteroatoms. The van der Waals surface area contributed by atoms with Crippen LogP contribution < -0.4 is 10.3 Å². The summed E-state index contributed by atoms with van der Waals surface area (Å²) in [6.07, 6.45) is 2.94. The highest BCUT2D eigenvalue weighted by atomic mass is 79.9. The Labute approximate surface area is 117 Å². The molecule has 0 bridgehead atoms. The van der Waals surface area contributed by atoms with Crippen LogP contribution in [0.25, 0.3) is 10.8 Å². The van der Waals surface area contributed by atoms with Crippen LogP contribution in [0.2, 0.25) is 0 Å². The van der Waals surface area contributed by atoms with Crippen molar-refractivity contribution < 1.29 is 4.74 Å². The van der Waals surface area contributed by atoms with Gasteiger partial charge in [0.2, 0.25) is 0 Å². The second kappa shape index (κ2) is 4.85. The van der Waals surface area contributed by atoms with Crippen molar-refractivity contribution in [3.05, 3.63) is 63.6 Å². The lowest BCUT2D eigenvalue weighted by Gasteiger charge is -2.08. The van der Waals surface area contributed by atoms with E-state index in [1.165, 1.54) is 12.4 Å². The number of aromatic amines is 1. The van der Waals surface area contributed by atoms with Crippen molar-refractivity contribution in [2.45, 2.75) is 0 Å². The molecule has 0 aliphatic rings. The van der Waals surface area contributed by atoms with E-state index in [0.717, 1.165) is 15.2 Å². The third kappa shape index (κ3) is 2.24. The topological polar surface area (TPSA) is 55.0 Å². The molecule has 0 fully saturated rings. The van der Waals surface area contributed by atoms with Crippen molar-refractivity contribution in [1.82, 2.24) is 9.97 Å². The molecule has 94 valence electrons. The number of rotatable bonds is 2. The van der Waals surface area contributed by atoms with Crippen molar-refractivity contribution in [2.24, 2.45) is 0 Å². The highest BCUT2D eigenvalue weighted by molar-refractivity contribution is 9.10. The molecule has 0 unspecified atom stereocenters. The molecule has 1 aromatic heterocycles. The maximum absolute atomic E-state index is 11.5. The Morgan fingerprint density at radius 3 is 2.84 bits per heavy atom. The Hall–Kier alpha value is -2.14. The van der Waals surface area contributed by atoms with E-state index < -0.39 is 0 Å². The molecule has 0 spiro atoms. The van der Waals surface area contributed by atoms with E-state index in [1.54, 1.807) is 6.07 Å². The van der Waals surface area contributed by atoms with Crippen LogP contribution in [0.1, 0.15) is 0 Å². The van der Waals surface area contributed by atoms with Gasteiger partial charge in [0.25, 0.3) is 5.88 Å². The number of nitrogens with one attached hydrogen (secondary N) is 1. The number of aromatic nitrogens is 2. The number of halogens is 1. The fraction of sp³-hybridized carbons (Fsp3) is 0. The van der Waals surface area contributed by atoms with Gasteiger partial charge in [0.1, 0.15) is 5.75 Å². The van der Waals surface area contributed by atoms with Gasteiger partial charge in [-0.05, 0) is 32.8 Å². The number of hydrogen-bond donors (Lipinski definition) is 1. The molecule has 0 saturated heterocycles. The highest BCUT2D eigenvalue weighted by Gasteiger charge is 2.09. The lowest BCUT2D eigenvalue weighted by atomic mass is 10.1. The first-order chi connectivity index (χ1) is 9.25. The normalized spacial score (nSPS) is 10.6. The van der Waals surface area contributed by atoms with Gasteiger partial charge in [-0.15, -0.1) is 0 Å². The van der Waals surface area contributed by atoms with Crippen molar-refractivity contribution in [1.29, 1.82) is 0 Å². The third-order valence-corrected chi connectivity index (χ3v) is 3.53. The SMILES string of the molecule is O=c1[nH]ccnc1Oc1ccc2ccccc2c1Br. The van der Waals surface area contributed by atoms with E-state index in [1.807, 2.05) is 30.3 Å². The van der Waals surface area contributed by atoms with Crippen LogP contribution in [0.4, 0.5) is 0 Å². The van der Waals surface area contributed by atoms with Gasteiger partial charge in [0, 0.05) is 12.4 Å². The molecule has 1 heterocycles. The summed E-state index contributed by atoms with van der Waals surface area (Å²) in [5.41, 5.74) is -0.359. The molecule has 0 amide bonds. The summed E-state index contributed by atoms with van der Waals surface area (Å²) in [5.74, 6) is 0.585. The fourth-order valence-corrected chi connectivity index (χ4v) is 2.38. The summed E-state index contributed by atoms with van der Waals surface area (Å²) < 4.78 is 6.35. The Balaban J connectivity index is 2.09. The molecule has 19 heavy (non-hydrogen) atoms. The van der Waals surface area contributed by atoms with Crippen LogP contribution in [0.15, 0.2) is 58.1 Å². The minimum atomic E-state index is -0.359. The predicted octanol–water partition coefficient (Wildman–Crippen LogP) is 3.48. The van der Waals surface area contributed by atoms with E-state index >= 15 is 0 Å². The molecule has 0 radical (unpaired) electrons. The minimum Gasteiger partial charge on any atom is -0.433 e. The summed E-state index contributed by atoms with van der Waals surface area (Å²) in [7, 11) is 0. The third-order valence-electron chi connectivity index (χ3n) is 2.71. The molecule has 2 aromatic carbocycles. The second-order valence-corrected chi connectivity index (χ2v) is 4.72. The van der Waals surface area contributed by atoms with Crippen LogP contribution in [-0.4, -0.2) is 9.97 Å². The lowest BCUT2D eigenvalue weighted by Crippen LogP contribution is -2.09. The Morgan fingerprint density at radius 1 is 1.16 bits per heavy atom. The number of ether oxygens (including phenoxy) is 1. The van der Waals surface area contributed by atoms with Gasteiger partial charge in [-0.1, -0.05) is 30.3 Å². The van der Waals surface area contributed by atoms with Gasteiger partial charge in [-0.2, -0.15) is 0 Å². The fourth-order valence-electron chi connectivity index (χ4n) is 1.81. The Bertz CT molecular complexity index is 799. The summed E-state index contributed by atoms with van der Waals surface area (Å²) in [4.78, 5) is 18.0. The van der Waals surface area contributed by atoms with Crippen molar-refractivity contribution in [3.8, 4) is 11.6 Å². The molecule has 0 atom stereocenters. The van der Waals surface area contributed by atoms with E-state index in [0.29, 0.717) is 5.75 Å². The number of H-pyrrole nitrogens is 1. The number of benzene rings is 2. The van der Waals surface area contributed by atoms with Crippen LogP contribution in [0.5, 0.6) is 11.6 Å². The van der Waals surface area contributed by atoms with Crippen molar-refractivity contribution >= 4 is 26.7 Å². The zero-order valence-electron chi connectivity index (χ0n) is 9.76. The maximum atomic E-state index is 11.5. The number of fused-ring (bicyclic) bond motifs is 1. The van der Waals surface area contributed by atoms with Gasteiger partial charge in [-0.3, -0.25) is 4.79 Å². The first-order valence-electron chi connectivity index (χ1n) is 5.64. The first-order valence-corrected chi connectivity index (χ1v) is 6.44. The molecular weight excluding hydrogens is 308 g/mol. The molecule has 0 aliphatic carbocycles. The molecule has 1 N–H and O–H groups in total. The largest absolute Gasteiger partial charge is 0.433 e. The van der Waals surface area contributed by atoms with Crippen LogP contribution in [0, 0.1) is 0 Å². The maximum Gasteiger partial charge on any atom is 0.311 e. The standard InChI is InChI=1S/C14H9BrN2O2/c15-12-10-4-2-1-3-9(10)5-6-11(12)19-14-13(18)16-7-8-17-14/h1-8H,(H,16,18). The quantitative estimate of drug-likeness (QED) is 0.787. The average Bonchev–Trinajstić information content (AvgIpc) is 2.44.